The Morgan fingerprint density at radius 3 is 1.28 bits per heavy atom. The normalized spacial score (nSPS) is 13.5. The van der Waals surface area contributed by atoms with Crippen LogP contribution in [0.4, 0.5) is 0 Å². The first kappa shape index (κ1) is 18.6. The van der Waals surface area contributed by atoms with Crippen LogP contribution in [0, 0.1) is 0 Å². The Kier molecular flexibility index (Phi) is 7.69. The summed E-state index contributed by atoms with van der Waals surface area (Å²) in [5.41, 5.74) is -0.248. The molecule has 0 fully saturated rings. The average molecular weight is 366 g/mol. The van der Waals surface area contributed by atoms with Crippen LogP contribution in [0.2, 0.25) is 4.94 Å². The van der Waals surface area contributed by atoms with Gasteiger partial charge in [-0.25, -0.2) is 0 Å². The Balaban J connectivity index is 4.28. The fourth-order valence-corrected chi connectivity index (χ4v) is 7.32. The summed E-state index contributed by atoms with van der Waals surface area (Å²) in [6.45, 7) is 10.4. The first-order valence-corrected chi connectivity index (χ1v) is 11.6. The quantitative estimate of drug-likeness (QED) is 0.612. The second-order valence-corrected chi connectivity index (χ2v) is 10.7. The minimum absolute atomic E-state index is 0.124. The molecule has 108 valence electrons. The van der Waals surface area contributed by atoms with Gasteiger partial charge < -0.3 is 0 Å². The van der Waals surface area contributed by atoms with Crippen LogP contribution in [0.3, 0.4) is 0 Å². The molecule has 0 aliphatic carbocycles. The zero-order valence-corrected chi connectivity index (χ0v) is 16.5. The molecule has 18 heavy (non-hydrogen) atoms. The molecule has 0 N–H and O–H groups in total. The number of hydrogen-bond acceptors (Lipinski definition) is 4. The van der Waals surface area contributed by atoms with E-state index in [0.717, 1.165) is 13.1 Å². The second-order valence-electron chi connectivity index (χ2n) is 6.69. The minimum atomic E-state index is -2.21. The van der Waals surface area contributed by atoms with Gasteiger partial charge in [0, 0.05) is 0 Å². The molecule has 0 rings (SSSR count). The molecular formula is C13H31N2O2Sn+. The second kappa shape index (κ2) is 7.43. The van der Waals surface area contributed by atoms with Gasteiger partial charge in [0.25, 0.3) is 0 Å². The van der Waals surface area contributed by atoms with Gasteiger partial charge in [-0.3, -0.25) is 0 Å². The van der Waals surface area contributed by atoms with Crippen molar-refractivity contribution in [3.63, 3.8) is 0 Å². The van der Waals surface area contributed by atoms with Crippen LogP contribution in [0.25, 0.3) is 0 Å². The van der Waals surface area contributed by atoms with E-state index in [1.165, 1.54) is 0 Å². The van der Waals surface area contributed by atoms with Crippen LogP contribution in [0.5, 0.6) is 0 Å². The molecular weight excluding hydrogens is 335 g/mol. The Morgan fingerprint density at radius 2 is 1.06 bits per heavy atom. The van der Waals surface area contributed by atoms with E-state index in [-0.39, 0.29) is 11.2 Å². The van der Waals surface area contributed by atoms with Gasteiger partial charge in [0.15, 0.2) is 0 Å². The summed E-state index contributed by atoms with van der Waals surface area (Å²) in [6.07, 6.45) is 0. The van der Waals surface area contributed by atoms with E-state index in [1.54, 1.807) is 0 Å². The Morgan fingerprint density at radius 1 is 0.778 bits per heavy atom. The molecule has 5 heteroatoms. The van der Waals surface area contributed by atoms with Crippen molar-refractivity contribution < 1.29 is 6.15 Å². The Hall–Kier alpha value is 0.639. The molecule has 0 aromatic heterocycles. The number of hydrogen-bond donors (Lipinski definition) is 0. The van der Waals surface area contributed by atoms with Crippen molar-refractivity contribution in [1.29, 1.82) is 0 Å². The van der Waals surface area contributed by atoms with Gasteiger partial charge in [-0.15, -0.1) is 0 Å². The summed E-state index contributed by atoms with van der Waals surface area (Å²) in [7, 11) is 8.28. The molecule has 0 saturated carbocycles. The molecule has 0 aromatic rings. The van der Waals surface area contributed by atoms with Crippen molar-refractivity contribution in [1.82, 2.24) is 9.80 Å². The number of likely N-dealkylation sites (N-methyl/N-ethyl adjacent to an activating group) is 2. The number of rotatable bonds is 8. The van der Waals surface area contributed by atoms with Crippen LogP contribution in [-0.2, 0) is 6.15 Å². The van der Waals surface area contributed by atoms with Crippen LogP contribution >= 0.6 is 0 Å². The van der Waals surface area contributed by atoms with Crippen LogP contribution in [-0.4, -0.2) is 82.9 Å². The predicted octanol–water partition coefficient (Wildman–Crippen LogP) is 1.82. The summed E-state index contributed by atoms with van der Waals surface area (Å²) < 4.78 is 12.4. The van der Waals surface area contributed by atoms with E-state index in [1.807, 2.05) is 0 Å². The van der Waals surface area contributed by atoms with Crippen LogP contribution in [0.15, 0.2) is 0 Å². The predicted molar refractivity (Wildman–Crippen MR) is 79.1 cm³/mol. The fourth-order valence-electron chi connectivity index (χ4n) is 2.39. The van der Waals surface area contributed by atoms with E-state index in [2.05, 4.69) is 70.6 Å². The third kappa shape index (κ3) is 9.55. The summed E-state index contributed by atoms with van der Waals surface area (Å²) in [5.74, 6) is 0. The van der Waals surface area contributed by atoms with Crippen LogP contribution in [0.1, 0.15) is 27.7 Å². The van der Waals surface area contributed by atoms with Gasteiger partial charge in [-0.05, 0) is 0 Å². The van der Waals surface area contributed by atoms with E-state index in [9.17, 15) is 0 Å². The van der Waals surface area contributed by atoms with Gasteiger partial charge in [0.1, 0.15) is 0 Å². The molecule has 0 heterocycles. The summed E-state index contributed by atoms with van der Waals surface area (Å²) in [5, 5.41) is 0. The topological polar surface area (TPSA) is 24.9 Å². The maximum absolute atomic E-state index is 6.18. The standard InChI is InChI=1S/2C6H14NO.CH3.Sn/c2*1-6(2,8)5-7(3)4;;/h2*5H2,1-4H3;1H3;/q2*-1;;+3. The first-order valence-electron chi connectivity index (χ1n) is 6.44. The molecule has 0 atom stereocenters. The molecule has 0 saturated heterocycles. The maximum atomic E-state index is 6.18. The van der Waals surface area contributed by atoms with Gasteiger partial charge in [0.2, 0.25) is 0 Å². The van der Waals surface area contributed by atoms with Crippen molar-refractivity contribution in [2.75, 3.05) is 41.3 Å². The summed E-state index contributed by atoms with van der Waals surface area (Å²) >= 11 is -2.21. The summed E-state index contributed by atoms with van der Waals surface area (Å²) in [6, 6.07) is 0. The van der Waals surface area contributed by atoms with E-state index in [0.29, 0.717) is 0 Å². The van der Waals surface area contributed by atoms with Crippen molar-refractivity contribution >= 4 is 20.6 Å². The molecule has 0 spiro atoms. The molecule has 0 aliphatic heterocycles. The van der Waals surface area contributed by atoms with E-state index < -0.39 is 20.6 Å². The molecule has 0 radical (unpaired) electrons. The third-order valence-corrected chi connectivity index (χ3v) is 7.03. The first-order chi connectivity index (χ1) is 7.93. The monoisotopic (exact) mass is 367 g/mol. The zero-order chi connectivity index (χ0) is 14.6. The number of nitrogens with zero attached hydrogens (tertiary/aromatic N) is 2. The van der Waals surface area contributed by atoms with Crippen LogP contribution < -0.4 is 0 Å². The third-order valence-electron chi connectivity index (χ3n) is 2.23. The van der Waals surface area contributed by atoms with Gasteiger partial charge >= 0.3 is 122 Å². The molecule has 0 amide bonds. The van der Waals surface area contributed by atoms with Crippen molar-refractivity contribution in [2.45, 2.75) is 43.8 Å². The Bertz CT molecular complexity index is 219. The van der Waals surface area contributed by atoms with Gasteiger partial charge in [0.05, 0.1) is 0 Å². The van der Waals surface area contributed by atoms with E-state index >= 15 is 0 Å². The average Bonchev–Trinajstić information content (AvgIpc) is 1.92. The van der Waals surface area contributed by atoms with E-state index in [4.69, 9.17) is 6.15 Å². The molecule has 0 aliphatic rings. The zero-order valence-electron chi connectivity index (χ0n) is 13.6. The molecule has 4 nitrogen and oxygen atoms in total. The van der Waals surface area contributed by atoms with Crippen molar-refractivity contribution in [3.8, 4) is 0 Å². The Labute approximate surface area is 121 Å². The fraction of sp³-hybridized carbons (Fsp3) is 1.00. The van der Waals surface area contributed by atoms with Gasteiger partial charge in [-0.2, -0.15) is 0 Å². The molecule has 0 unspecified atom stereocenters. The molecule has 0 aromatic carbocycles. The molecule has 0 bridgehead atoms. The SMILES string of the molecule is CN(C)CC(C)(C)[O][Sn+]([CH3])[O]C(C)(C)CN(C)C. The van der Waals surface area contributed by atoms with Crippen molar-refractivity contribution in [3.05, 3.63) is 0 Å². The summed E-state index contributed by atoms with van der Waals surface area (Å²) in [4.78, 5) is 6.47. The van der Waals surface area contributed by atoms with Crippen molar-refractivity contribution in [2.24, 2.45) is 0 Å². The van der Waals surface area contributed by atoms with Gasteiger partial charge in [-0.1, -0.05) is 0 Å².